The maximum Gasteiger partial charge on any atom is 0.321 e. The Kier molecular flexibility index (Phi) is 6.18. The molecular weight excluding hydrogens is 232 g/mol. The Labute approximate surface area is 107 Å². The molecule has 1 aromatic rings. The smallest absolute Gasteiger partial charge is 0.321 e. The molecule has 100 valence electrons. The fourth-order valence-corrected chi connectivity index (χ4v) is 1.54. The van der Waals surface area contributed by atoms with Gasteiger partial charge in [-0.1, -0.05) is 17.7 Å². The number of benzene rings is 1. The van der Waals surface area contributed by atoms with Crippen molar-refractivity contribution >= 4 is 11.7 Å². The molecule has 0 heterocycles. The van der Waals surface area contributed by atoms with Gasteiger partial charge in [0, 0.05) is 25.4 Å². The molecular formula is C13H20N2O3. The third-order valence-electron chi connectivity index (χ3n) is 2.55. The minimum atomic E-state index is -0.263. The molecule has 0 aromatic heterocycles. The second-order valence-corrected chi connectivity index (χ2v) is 4.08. The Morgan fingerprint density at radius 3 is 2.39 bits per heavy atom. The molecule has 0 radical (unpaired) electrons. The molecule has 5 heteroatoms. The Balaban J connectivity index is 2.57. The summed E-state index contributed by atoms with van der Waals surface area (Å²) in [5, 5.41) is 20.4. The molecule has 0 bridgehead atoms. The maximum absolute atomic E-state index is 11.9. The molecule has 0 saturated carbocycles. The Morgan fingerprint density at radius 1 is 1.17 bits per heavy atom. The van der Waals surface area contributed by atoms with Crippen molar-refractivity contribution in [3.05, 3.63) is 29.8 Å². The molecule has 0 aliphatic rings. The molecule has 5 nitrogen and oxygen atoms in total. The van der Waals surface area contributed by atoms with Crippen molar-refractivity contribution in [3.63, 3.8) is 0 Å². The summed E-state index contributed by atoms with van der Waals surface area (Å²) in [6.45, 7) is 2.60. The summed E-state index contributed by atoms with van der Waals surface area (Å²) in [4.78, 5) is 13.4. The highest BCUT2D eigenvalue weighted by atomic mass is 16.3. The van der Waals surface area contributed by atoms with Crippen LogP contribution in [0, 0.1) is 6.92 Å². The first-order valence-corrected chi connectivity index (χ1v) is 6.01. The third kappa shape index (κ3) is 4.73. The van der Waals surface area contributed by atoms with Crippen LogP contribution in [0.5, 0.6) is 0 Å². The Bertz CT molecular complexity index is 365. The van der Waals surface area contributed by atoms with E-state index in [9.17, 15) is 4.79 Å². The van der Waals surface area contributed by atoms with Gasteiger partial charge in [0.25, 0.3) is 0 Å². The van der Waals surface area contributed by atoms with E-state index in [1.54, 1.807) is 0 Å². The van der Waals surface area contributed by atoms with Crippen molar-refractivity contribution in [2.75, 3.05) is 31.6 Å². The number of hydrogen-bond donors (Lipinski definition) is 3. The normalized spacial score (nSPS) is 10.2. The second-order valence-electron chi connectivity index (χ2n) is 4.08. The average molecular weight is 252 g/mol. The first kappa shape index (κ1) is 14.5. The van der Waals surface area contributed by atoms with E-state index in [1.165, 1.54) is 4.90 Å². The van der Waals surface area contributed by atoms with Gasteiger partial charge in [-0.15, -0.1) is 0 Å². The Hall–Kier alpha value is -1.59. The summed E-state index contributed by atoms with van der Waals surface area (Å²) < 4.78 is 0. The van der Waals surface area contributed by atoms with Crippen molar-refractivity contribution < 1.29 is 15.0 Å². The van der Waals surface area contributed by atoms with Crippen LogP contribution in [-0.4, -0.2) is 47.4 Å². The highest BCUT2D eigenvalue weighted by Gasteiger charge is 2.12. The van der Waals surface area contributed by atoms with E-state index < -0.39 is 0 Å². The van der Waals surface area contributed by atoms with Gasteiger partial charge in [-0.3, -0.25) is 0 Å². The summed E-state index contributed by atoms with van der Waals surface area (Å²) in [6, 6.07) is 7.23. The largest absolute Gasteiger partial charge is 0.396 e. The molecule has 0 aliphatic heterocycles. The van der Waals surface area contributed by atoms with Crippen molar-refractivity contribution in [2.24, 2.45) is 0 Å². The number of rotatable bonds is 6. The van der Waals surface area contributed by atoms with Crippen LogP contribution in [0.2, 0.25) is 0 Å². The molecule has 18 heavy (non-hydrogen) atoms. The van der Waals surface area contributed by atoms with E-state index in [1.807, 2.05) is 31.2 Å². The van der Waals surface area contributed by atoms with Crippen LogP contribution in [0.15, 0.2) is 24.3 Å². The van der Waals surface area contributed by atoms with Gasteiger partial charge < -0.3 is 20.4 Å². The topological polar surface area (TPSA) is 72.8 Å². The minimum absolute atomic E-state index is 0.0275. The van der Waals surface area contributed by atoms with Gasteiger partial charge in [-0.05, 0) is 25.5 Å². The molecule has 0 atom stereocenters. The van der Waals surface area contributed by atoms with Crippen LogP contribution in [0.25, 0.3) is 0 Å². The number of aryl methyl sites for hydroxylation is 1. The molecule has 0 unspecified atom stereocenters. The van der Waals surface area contributed by atoms with Gasteiger partial charge in [0.1, 0.15) is 0 Å². The molecule has 0 aliphatic carbocycles. The van der Waals surface area contributed by atoms with Crippen molar-refractivity contribution in [1.82, 2.24) is 4.90 Å². The van der Waals surface area contributed by atoms with E-state index in [-0.39, 0.29) is 25.8 Å². The van der Waals surface area contributed by atoms with Gasteiger partial charge >= 0.3 is 6.03 Å². The summed E-state index contributed by atoms with van der Waals surface area (Å²) in [7, 11) is 0. The third-order valence-corrected chi connectivity index (χ3v) is 2.55. The number of amides is 2. The number of nitrogens with zero attached hydrogens (tertiary/aromatic N) is 1. The van der Waals surface area contributed by atoms with Gasteiger partial charge in [0.05, 0.1) is 6.61 Å². The molecule has 0 saturated heterocycles. The second kappa shape index (κ2) is 7.68. The lowest BCUT2D eigenvalue weighted by Crippen LogP contribution is -2.38. The van der Waals surface area contributed by atoms with Crippen LogP contribution in [0.3, 0.4) is 0 Å². The molecule has 1 aromatic carbocycles. The number of nitrogens with one attached hydrogen (secondary N) is 1. The summed E-state index contributed by atoms with van der Waals surface area (Å²) in [5.74, 6) is 0. The Morgan fingerprint density at radius 2 is 1.83 bits per heavy atom. The number of urea groups is 1. The number of aliphatic hydroxyl groups is 2. The molecule has 1 rings (SSSR count). The summed E-state index contributed by atoms with van der Waals surface area (Å²) >= 11 is 0. The minimum Gasteiger partial charge on any atom is -0.396 e. The summed E-state index contributed by atoms with van der Waals surface area (Å²) in [5.41, 5.74) is 1.85. The van der Waals surface area contributed by atoms with Gasteiger partial charge in [0.2, 0.25) is 0 Å². The lowest BCUT2D eigenvalue weighted by atomic mass is 10.2. The van der Waals surface area contributed by atoms with Gasteiger partial charge in [-0.2, -0.15) is 0 Å². The number of hydrogen-bond acceptors (Lipinski definition) is 3. The predicted octanol–water partition coefficient (Wildman–Crippen LogP) is 1.20. The molecule has 0 spiro atoms. The van der Waals surface area contributed by atoms with Crippen LogP contribution in [0.1, 0.15) is 12.0 Å². The lowest BCUT2D eigenvalue weighted by Gasteiger charge is -2.21. The number of carbonyl (C=O) groups is 1. The summed E-state index contributed by atoms with van der Waals surface area (Å²) in [6.07, 6.45) is 0.501. The van der Waals surface area contributed by atoms with Crippen molar-refractivity contribution in [3.8, 4) is 0 Å². The predicted molar refractivity (Wildman–Crippen MR) is 70.6 cm³/mol. The zero-order valence-corrected chi connectivity index (χ0v) is 10.6. The van der Waals surface area contributed by atoms with Crippen molar-refractivity contribution in [2.45, 2.75) is 13.3 Å². The maximum atomic E-state index is 11.9. The number of anilines is 1. The first-order chi connectivity index (χ1) is 8.67. The number of carbonyl (C=O) groups excluding carboxylic acids is 1. The first-order valence-electron chi connectivity index (χ1n) is 6.01. The number of aliphatic hydroxyl groups excluding tert-OH is 2. The molecule has 3 N–H and O–H groups in total. The zero-order valence-electron chi connectivity index (χ0n) is 10.6. The van der Waals surface area contributed by atoms with Crippen molar-refractivity contribution in [1.29, 1.82) is 0 Å². The standard InChI is InChI=1S/C13H20N2O3/c1-11-3-5-12(6-4-11)14-13(18)15(8-10-17)7-2-9-16/h3-6,16-17H,2,7-10H2,1H3,(H,14,18). The van der Waals surface area contributed by atoms with E-state index >= 15 is 0 Å². The fraction of sp³-hybridized carbons (Fsp3) is 0.462. The fourth-order valence-electron chi connectivity index (χ4n) is 1.54. The monoisotopic (exact) mass is 252 g/mol. The molecule has 2 amide bonds. The molecule has 0 fully saturated rings. The van der Waals surface area contributed by atoms with Crippen LogP contribution >= 0.6 is 0 Å². The van der Waals surface area contributed by atoms with E-state index in [0.29, 0.717) is 13.0 Å². The van der Waals surface area contributed by atoms with E-state index in [4.69, 9.17) is 10.2 Å². The van der Waals surface area contributed by atoms with Gasteiger partial charge in [-0.25, -0.2) is 4.79 Å². The highest BCUT2D eigenvalue weighted by Crippen LogP contribution is 2.09. The zero-order chi connectivity index (χ0) is 13.4. The SMILES string of the molecule is Cc1ccc(NC(=O)N(CCO)CCCO)cc1. The van der Waals surface area contributed by atoms with Crippen LogP contribution in [0.4, 0.5) is 10.5 Å². The van der Waals surface area contributed by atoms with Crippen LogP contribution < -0.4 is 5.32 Å². The quantitative estimate of drug-likeness (QED) is 0.712. The van der Waals surface area contributed by atoms with E-state index in [0.717, 1.165) is 11.3 Å². The van der Waals surface area contributed by atoms with Crippen LogP contribution in [-0.2, 0) is 0 Å². The average Bonchev–Trinajstić information content (AvgIpc) is 2.37. The van der Waals surface area contributed by atoms with E-state index in [2.05, 4.69) is 5.32 Å². The van der Waals surface area contributed by atoms with Gasteiger partial charge in [0.15, 0.2) is 0 Å². The lowest BCUT2D eigenvalue weighted by molar-refractivity contribution is 0.180. The highest BCUT2D eigenvalue weighted by molar-refractivity contribution is 5.89.